The van der Waals surface area contributed by atoms with Gasteiger partial charge in [-0.3, -0.25) is 33.6 Å². The van der Waals surface area contributed by atoms with Gasteiger partial charge in [0, 0.05) is 18.3 Å². The number of azo groups is 2. The monoisotopic (exact) mass is 890 g/mol. The molecule has 2 saturated carbocycles. The van der Waals surface area contributed by atoms with E-state index >= 15 is 0 Å². The van der Waals surface area contributed by atoms with Crippen LogP contribution in [-0.2, 0) is 47.8 Å². The zero-order valence-electron chi connectivity index (χ0n) is 36.0. The van der Waals surface area contributed by atoms with E-state index in [9.17, 15) is 43.8 Å². The molecule has 5 unspecified atom stereocenters. The Balaban J connectivity index is 1.19. The predicted molar refractivity (Wildman–Crippen MR) is 228 cm³/mol. The van der Waals surface area contributed by atoms with E-state index in [0.717, 1.165) is 5.56 Å². The standard InChI is InChI=1S/C47H46N4O14/c1-6-63-45(58)37-30(26-13-19-31(52)34(21-26)61-4)23-33(54)40(42(37)55)50-48-28-15-9-24(10-16-28)25-11-17-29(18-12-25)49-51-41-43(56)38(46(59)64-7-2)36(39(44(41)57)47(60)65-8-3)27-14-20-32(53)35(22-27)62-5/h9-22,30,36-41,52-53H,6-8,23H2,1-5H3. The molecule has 0 aliphatic heterocycles. The van der Waals surface area contributed by atoms with E-state index in [1.807, 2.05) is 0 Å². The average Bonchev–Trinajstić information content (AvgIpc) is 3.29. The van der Waals surface area contributed by atoms with E-state index in [-0.39, 0.29) is 60.5 Å². The molecule has 2 fully saturated rings. The number of methoxy groups -OCH3 is 2. The predicted octanol–water partition coefficient (Wildman–Crippen LogP) is 6.49. The van der Waals surface area contributed by atoms with Crippen LogP contribution in [-0.4, -0.2) is 97.4 Å². The highest BCUT2D eigenvalue weighted by atomic mass is 16.5. The van der Waals surface area contributed by atoms with Crippen molar-refractivity contribution in [3.8, 4) is 34.1 Å². The van der Waals surface area contributed by atoms with Gasteiger partial charge in [-0.05, 0) is 91.6 Å². The molecule has 4 aromatic rings. The van der Waals surface area contributed by atoms with Crippen molar-refractivity contribution in [3.63, 3.8) is 0 Å². The molecule has 2 aliphatic rings. The van der Waals surface area contributed by atoms with E-state index in [2.05, 4.69) is 20.5 Å². The molecular formula is C47H46N4O14. The van der Waals surface area contributed by atoms with E-state index in [4.69, 9.17) is 23.7 Å². The first kappa shape index (κ1) is 46.9. The molecule has 2 aliphatic carbocycles. The highest BCUT2D eigenvalue weighted by molar-refractivity contribution is 6.21. The summed E-state index contributed by atoms with van der Waals surface area (Å²) in [7, 11) is 2.65. The fraction of sp³-hybridized carbons (Fsp3) is 0.340. The van der Waals surface area contributed by atoms with Gasteiger partial charge in [-0.25, -0.2) is 0 Å². The molecule has 338 valence electrons. The zero-order valence-corrected chi connectivity index (χ0v) is 36.0. The van der Waals surface area contributed by atoms with Gasteiger partial charge in [0.2, 0.25) is 0 Å². The quantitative estimate of drug-likeness (QED) is 0.0560. The molecule has 0 bridgehead atoms. The maximum atomic E-state index is 14.0. The van der Waals surface area contributed by atoms with Crippen molar-refractivity contribution in [2.75, 3.05) is 34.0 Å². The van der Waals surface area contributed by atoms with Crippen LogP contribution in [0, 0.1) is 17.8 Å². The molecule has 0 spiro atoms. The van der Waals surface area contributed by atoms with Gasteiger partial charge in [-0.2, -0.15) is 20.5 Å². The van der Waals surface area contributed by atoms with Gasteiger partial charge in [-0.1, -0.05) is 36.4 Å². The Labute approximate surface area is 372 Å². The van der Waals surface area contributed by atoms with Crippen molar-refractivity contribution in [1.29, 1.82) is 0 Å². The van der Waals surface area contributed by atoms with Crippen molar-refractivity contribution in [2.45, 2.75) is 51.1 Å². The molecular weight excluding hydrogens is 845 g/mol. The molecule has 6 rings (SSSR count). The number of carbonyl (C=O) groups excluding carboxylic acids is 7. The summed E-state index contributed by atoms with van der Waals surface area (Å²) in [6, 6.07) is 18.1. The van der Waals surface area contributed by atoms with Crippen molar-refractivity contribution in [1.82, 2.24) is 0 Å². The van der Waals surface area contributed by atoms with E-state index < -0.39 is 82.7 Å². The number of carbonyl (C=O) groups is 7. The number of benzene rings is 4. The summed E-state index contributed by atoms with van der Waals surface area (Å²) in [6.07, 6.45) is -0.214. The van der Waals surface area contributed by atoms with Crippen LogP contribution in [0.3, 0.4) is 0 Å². The van der Waals surface area contributed by atoms with Crippen LogP contribution < -0.4 is 9.47 Å². The average molecular weight is 891 g/mol. The van der Waals surface area contributed by atoms with Gasteiger partial charge >= 0.3 is 17.9 Å². The number of rotatable bonds is 15. The lowest BCUT2D eigenvalue weighted by atomic mass is 9.65. The first-order valence-electron chi connectivity index (χ1n) is 20.7. The molecule has 18 heteroatoms. The summed E-state index contributed by atoms with van der Waals surface area (Å²) in [4.78, 5) is 94.9. The van der Waals surface area contributed by atoms with Crippen LogP contribution >= 0.6 is 0 Å². The lowest BCUT2D eigenvalue weighted by Crippen LogP contribution is -2.54. The van der Waals surface area contributed by atoms with Crippen molar-refractivity contribution < 1.29 is 67.5 Å². The Morgan fingerprint density at radius 3 is 1.40 bits per heavy atom. The first-order chi connectivity index (χ1) is 31.3. The van der Waals surface area contributed by atoms with Crippen LogP contribution in [0.1, 0.15) is 50.2 Å². The van der Waals surface area contributed by atoms with Crippen molar-refractivity contribution in [3.05, 3.63) is 96.1 Å². The zero-order chi connectivity index (χ0) is 46.9. The number of phenolic OH excluding ortho intramolecular Hbond substituents is 2. The minimum absolute atomic E-state index is 0.00888. The number of phenols is 2. The number of ether oxygens (including phenoxy) is 5. The number of Topliss-reactive ketones (excluding diaryl/α,β-unsaturated/α-hetero) is 4. The third-order valence-corrected chi connectivity index (χ3v) is 11.1. The summed E-state index contributed by atoms with van der Waals surface area (Å²) < 4.78 is 26.1. The summed E-state index contributed by atoms with van der Waals surface area (Å²) in [5.41, 5.74) is 2.60. The lowest BCUT2D eigenvalue weighted by Gasteiger charge is -2.36. The maximum Gasteiger partial charge on any atom is 0.317 e. The third kappa shape index (κ3) is 9.96. The second-order valence-electron chi connectivity index (χ2n) is 14.9. The number of aromatic hydroxyl groups is 2. The Kier molecular flexibility index (Phi) is 14.9. The highest BCUT2D eigenvalue weighted by Crippen LogP contribution is 2.44. The second-order valence-corrected chi connectivity index (χ2v) is 14.9. The minimum atomic E-state index is -1.85. The Hall–Kier alpha value is -7.63. The first-order valence-corrected chi connectivity index (χ1v) is 20.7. The van der Waals surface area contributed by atoms with E-state index in [1.165, 1.54) is 50.6 Å². The minimum Gasteiger partial charge on any atom is -0.504 e. The van der Waals surface area contributed by atoms with Gasteiger partial charge in [0.1, 0.15) is 17.8 Å². The number of ketones is 4. The summed E-state index contributed by atoms with van der Waals surface area (Å²) in [5.74, 6) is -13.1. The molecule has 0 heterocycles. The third-order valence-electron chi connectivity index (χ3n) is 11.1. The summed E-state index contributed by atoms with van der Waals surface area (Å²) in [5, 5.41) is 36.7. The summed E-state index contributed by atoms with van der Waals surface area (Å²) >= 11 is 0. The Morgan fingerprint density at radius 1 is 0.554 bits per heavy atom. The molecule has 18 nitrogen and oxygen atoms in total. The second kappa shape index (κ2) is 20.7. The van der Waals surface area contributed by atoms with Crippen molar-refractivity contribution >= 4 is 52.4 Å². The van der Waals surface area contributed by atoms with Crippen LogP contribution in [0.5, 0.6) is 23.0 Å². The normalized spacial score (nSPS) is 22.2. The lowest BCUT2D eigenvalue weighted by molar-refractivity contribution is -0.163. The van der Waals surface area contributed by atoms with Gasteiger partial charge in [0.15, 0.2) is 58.2 Å². The molecule has 0 aromatic heterocycles. The Bertz CT molecular complexity index is 2500. The van der Waals surface area contributed by atoms with E-state index in [0.29, 0.717) is 16.8 Å². The fourth-order valence-corrected chi connectivity index (χ4v) is 7.95. The molecule has 0 radical (unpaired) electrons. The van der Waals surface area contributed by atoms with Crippen LogP contribution in [0.25, 0.3) is 11.1 Å². The van der Waals surface area contributed by atoms with Crippen LogP contribution in [0.2, 0.25) is 0 Å². The number of hydrogen-bond donors (Lipinski definition) is 2. The van der Waals surface area contributed by atoms with Gasteiger partial charge < -0.3 is 33.9 Å². The van der Waals surface area contributed by atoms with Crippen LogP contribution in [0.4, 0.5) is 11.4 Å². The number of nitrogens with zero attached hydrogens (tertiary/aromatic N) is 4. The van der Waals surface area contributed by atoms with E-state index in [1.54, 1.807) is 69.3 Å². The summed E-state index contributed by atoms with van der Waals surface area (Å²) in [6.45, 7) is 4.50. The largest absolute Gasteiger partial charge is 0.504 e. The molecule has 65 heavy (non-hydrogen) atoms. The van der Waals surface area contributed by atoms with Gasteiger partial charge in [0.05, 0.1) is 45.4 Å². The molecule has 2 N–H and O–H groups in total. The number of hydrogen-bond acceptors (Lipinski definition) is 18. The molecule has 5 atom stereocenters. The topological polar surface area (TPSA) is 256 Å². The Morgan fingerprint density at radius 2 is 0.954 bits per heavy atom. The number of esters is 3. The highest BCUT2D eigenvalue weighted by Gasteiger charge is 2.57. The molecule has 0 saturated heterocycles. The van der Waals surface area contributed by atoms with Gasteiger partial charge in [0.25, 0.3) is 0 Å². The van der Waals surface area contributed by atoms with Crippen LogP contribution in [0.15, 0.2) is 105 Å². The molecule has 0 amide bonds. The fourth-order valence-electron chi connectivity index (χ4n) is 7.95. The smallest absolute Gasteiger partial charge is 0.317 e. The van der Waals surface area contributed by atoms with Crippen molar-refractivity contribution in [2.24, 2.45) is 38.2 Å². The molecule has 4 aromatic carbocycles. The van der Waals surface area contributed by atoms with Gasteiger partial charge in [-0.15, -0.1) is 0 Å². The maximum absolute atomic E-state index is 14.0. The SMILES string of the molecule is CCOC(=O)C1C(=O)C(N=Nc2ccc(-c3ccc(N=NC4C(=O)C(C(=O)OCC)C(c5ccc(O)c(OC)c5)C(C(=O)OCC)C4=O)cc3)cc2)C(=O)CC1c1ccc(O)c(OC)c1.